The molecule has 0 amide bonds. The van der Waals surface area contributed by atoms with Crippen LogP contribution in [0.2, 0.25) is 0 Å². The van der Waals surface area contributed by atoms with Gasteiger partial charge in [-0.15, -0.1) is 0 Å². The third kappa shape index (κ3) is 4.82. The normalized spacial score (nSPS) is 20.4. The van der Waals surface area contributed by atoms with Gasteiger partial charge in [-0.25, -0.2) is 0 Å². The molecule has 19 heavy (non-hydrogen) atoms. The van der Waals surface area contributed by atoms with Crippen LogP contribution in [0.4, 0.5) is 0 Å². The van der Waals surface area contributed by atoms with E-state index in [1.165, 1.54) is 5.56 Å². The minimum atomic E-state index is 0.579. The monoisotopic (exact) mass is 264 g/mol. The van der Waals surface area contributed by atoms with E-state index >= 15 is 0 Å². The molecule has 1 aliphatic rings. The van der Waals surface area contributed by atoms with Crippen LogP contribution in [0.1, 0.15) is 12.5 Å². The van der Waals surface area contributed by atoms with Crippen LogP contribution in [0.3, 0.4) is 0 Å². The van der Waals surface area contributed by atoms with Gasteiger partial charge in [-0.1, -0.05) is 12.1 Å². The van der Waals surface area contributed by atoms with Gasteiger partial charge in [0.1, 0.15) is 12.4 Å². The number of rotatable bonds is 6. The SMILES string of the molecule is COCCOc1cccc(CN2CCNC(C)C2)c1. The van der Waals surface area contributed by atoms with E-state index in [4.69, 9.17) is 9.47 Å². The summed E-state index contributed by atoms with van der Waals surface area (Å²) in [5.41, 5.74) is 1.31. The van der Waals surface area contributed by atoms with Crippen molar-refractivity contribution in [2.45, 2.75) is 19.5 Å². The average Bonchev–Trinajstić information content (AvgIpc) is 2.39. The summed E-state index contributed by atoms with van der Waals surface area (Å²) in [6.45, 7) is 7.74. The van der Waals surface area contributed by atoms with Crippen molar-refractivity contribution in [3.8, 4) is 5.75 Å². The predicted molar refractivity (Wildman–Crippen MR) is 76.6 cm³/mol. The van der Waals surface area contributed by atoms with Crippen molar-refractivity contribution in [2.75, 3.05) is 40.0 Å². The molecular weight excluding hydrogens is 240 g/mol. The Kier molecular flexibility index (Phi) is 5.63. The maximum atomic E-state index is 5.64. The summed E-state index contributed by atoms with van der Waals surface area (Å²) in [5, 5.41) is 3.46. The van der Waals surface area contributed by atoms with Gasteiger partial charge in [0.15, 0.2) is 0 Å². The van der Waals surface area contributed by atoms with Crippen LogP contribution in [-0.2, 0) is 11.3 Å². The van der Waals surface area contributed by atoms with Crippen molar-refractivity contribution >= 4 is 0 Å². The van der Waals surface area contributed by atoms with Crippen LogP contribution in [0, 0.1) is 0 Å². The van der Waals surface area contributed by atoms with E-state index in [-0.39, 0.29) is 0 Å². The third-order valence-electron chi connectivity index (χ3n) is 3.31. The number of hydrogen-bond acceptors (Lipinski definition) is 4. The molecule has 0 aromatic heterocycles. The summed E-state index contributed by atoms with van der Waals surface area (Å²) >= 11 is 0. The van der Waals surface area contributed by atoms with Gasteiger partial charge in [0, 0.05) is 39.3 Å². The topological polar surface area (TPSA) is 33.7 Å². The molecule has 1 saturated heterocycles. The smallest absolute Gasteiger partial charge is 0.119 e. The van der Waals surface area contributed by atoms with E-state index in [1.54, 1.807) is 7.11 Å². The van der Waals surface area contributed by atoms with E-state index in [1.807, 2.05) is 6.07 Å². The lowest BCUT2D eigenvalue weighted by Gasteiger charge is -2.31. The molecule has 1 aromatic carbocycles. The zero-order valence-electron chi connectivity index (χ0n) is 11.9. The third-order valence-corrected chi connectivity index (χ3v) is 3.31. The lowest BCUT2D eigenvalue weighted by atomic mass is 10.1. The Balaban J connectivity index is 1.87. The van der Waals surface area contributed by atoms with E-state index in [2.05, 4.69) is 35.3 Å². The van der Waals surface area contributed by atoms with Crippen LogP contribution in [0.15, 0.2) is 24.3 Å². The van der Waals surface area contributed by atoms with Crippen molar-refractivity contribution < 1.29 is 9.47 Å². The highest BCUT2D eigenvalue weighted by molar-refractivity contribution is 5.28. The van der Waals surface area contributed by atoms with Crippen LogP contribution in [0.5, 0.6) is 5.75 Å². The molecule has 1 atom stereocenters. The molecule has 2 rings (SSSR count). The average molecular weight is 264 g/mol. The maximum Gasteiger partial charge on any atom is 0.119 e. The maximum absolute atomic E-state index is 5.64. The molecule has 0 saturated carbocycles. The zero-order valence-corrected chi connectivity index (χ0v) is 11.9. The number of nitrogens with zero attached hydrogens (tertiary/aromatic N) is 1. The second-order valence-corrected chi connectivity index (χ2v) is 5.08. The molecule has 0 bridgehead atoms. The van der Waals surface area contributed by atoms with Crippen molar-refractivity contribution in [3.63, 3.8) is 0 Å². The van der Waals surface area contributed by atoms with Gasteiger partial charge >= 0.3 is 0 Å². The molecule has 0 radical (unpaired) electrons. The second-order valence-electron chi connectivity index (χ2n) is 5.08. The molecule has 1 fully saturated rings. The molecule has 1 aliphatic heterocycles. The molecule has 106 valence electrons. The number of nitrogens with one attached hydrogen (secondary N) is 1. The molecular formula is C15H24N2O2. The standard InChI is InChI=1S/C15H24N2O2/c1-13-11-17(7-6-16-13)12-14-4-3-5-15(10-14)19-9-8-18-2/h3-5,10,13,16H,6-9,11-12H2,1-2H3. The van der Waals surface area contributed by atoms with Crippen LogP contribution < -0.4 is 10.1 Å². The van der Waals surface area contributed by atoms with Gasteiger partial charge in [0.2, 0.25) is 0 Å². The van der Waals surface area contributed by atoms with Gasteiger partial charge in [0.25, 0.3) is 0 Å². The lowest BCUT2D eigenvalue weighted by molar-refractivity contribution is 0.146. The summed E-state index contributed by atoms with van der Waals surface area (Å²) in [7, 11) is 1.69. The highest BCUT2D eigenvalue weighted by Crippen LogP contribution is 2.15. The van der Waals surface area contributed by atoms with E-state index in [9.17, 15) is 0 Å². The molecule has 1 aromatic rings. The van der Waals surface area contributed by atoms with Crippen LogP contribution in [0.25, 0.3) is 0 Å². The Morgan fingerprint density at radius 3 is 3.05 bits per heavy atom. The van der Waals surface area contributed by atoms with Crippen LogP contribution in [-0.4, -0.2) is 50.9 Å². The van der Waals surface area contributed by atoms with E-state index in [0.29, 0.717) is 19.3 Å². The summed E-state index contributed by atoms with van der Waals surface area (Å²) in [4.78, 5) is 2.48. The fraction of sp³-hybridized carbons (Fsp3) is 0.600. The molecule has 0 aliphatic carbocycles. The molecule has 4 nitrogen and oxygen atoms in total. The quantitative estimate of drug-likeness (QED) is 0.790. The van der Waals surface area contributed by atoms with Crippen molar-refractivity contribution in [2.24, 2.45) is 0 Å². The molecule has 1 unspecified atom stereocenters. The molecule has 4 heteroatoms. The van der Waals surface area contributed by atoms with E-state index < -0.39 is 0 Å². The number of ether oxygens (including phenoxy) is 2. The zero-order chi connectivity index (χ0) is 13.5. The lowest BCUT2D eigenvalue weighted by Crippen LogP contribution is -2.48. The first kappa shape index (κ1) is 14.3. The Morgan fingerprint density at radius 2 is 2.26 bits per heavy atom. The van der Waals surface area contributed by atoms with Gasteiger partial charge < -0.3 is 14.8 Å². The van der Waals surface area contributed by atoms with Gasteiger partial charge in [-0.05, 0) is 24.6 Å². The van der Waals surface area contributed by atoms with Crippen molar-refractivity contribution in [1.82, 2.24) is 10.2 Å². The highest BCUT2D eigenvalue weighted by Gasteiger charge is 2.15. The van der Waals surface area contributed by atoms with Gasteiger partial charge in [0.05, 0.1) is 6.61 Å². The number of methoxy groups -OCH3 is 1. The van der Waals surface area contributed by atoms with Crippen molar-refractivity contribution in [3.05, 3.63) is 29.8 Å². The summed E-state index contributed by atoms with van der Waals surface area (Å²) in [6.07, 6.45) is 0. The molecule has 1 heterocycles. The predicted octanol–water partition coefficient (Wildman–Crippen LogP) is 1.51. The fourth-order valence-corrected chi connectivity index (χ4v) is 2.39. The first-order valence-corrected chi connectivity index (χ1v) is 6.94. The summed E-state index contributed by atoms with van der Waals surface area (Å²) < 4.78 is 10.6. The number of benzene rings is 1. The molecule has 1 N–H and O–H groups in total. The Labute approximate surface area is 115 Å². The Hall–Kier alpha value is -1.10. The van der Waals surface area contributed by atoms with Gasteiger partial charge in [-0.2, -0.15) is 0 Å². The largest absolute Gasteiger partial charge is 0.491 e. The second kappa shape index (κ2) is 7.48. The number of hydrogen-bond donors (Lipinski definition) is 1. The molecule has 0 spiro atoms. The summed E-state index contributed by atoms with van der Waals surface area (Å²) in [5.74, 6) is 0.928. The highest BCUT2D eigenvalue weighted by atomic mass is 16.5. The Morgan fingerprint density at radius 1 is 1.37 bits per heavy atom. The Bertz CT molecular complexity index is 384. The van der Waals surface area contributed by atoms with Gasteiger partial charge in [-0.3, -0.25) is 4.90 Å². The summed E-state index contributed by atoms with van der Waals surface area (Å²) in [6, 6.07) is 8.93. The van der Waals surface area contributed by atoms with E-state index in [0.717, 1.165) is 31.9 Å². The minimum absolute atomic E-state index is 0.579. The fourth-order valence-electron chi connectivity index (χ4n) is 2.39. The van der Waals surface area contributed by atoms with Crippen molar-refractivity contribution in [1.29, 1.82) is 0 Å². The number of piperazine rings is 1. The van der Waals surface area contributed by atoms with Crippen LogP contribution >= 0.6 is 0 Å². The minimum Gasteiger partial charge on any atom is -0.491 e. The first-order valence-electron chi connectivity index (χ1n) is 6.94. The first-order chi connectivity index (χ1) is 9.28.